The lowest BCUT2D eigenvalue weighted by molar-refractivity contribution is 0.102. The third-order valence-corrected chi connectivity index (χ3v) is 4.56. The highest BCUT2D eigenvalue weighted by molar-refractivity contribution is 9.09. The van der Waals surface area contributed by atoms with Gasteiger partial charge in [-0.15, -0.1) is 0 Å². The minimum Gasteiger partial charge on any atom is -0.464 e. The molecule has 0 radical (unpaired) electrons. The van der Waals surface area contributed by atoms with Crippen molar-refractivity contribution in [3.63, 3.8) is 0 Å². The van der Waals surface area contributed by atoms with Crippen LogP contribution in [0.2, 0.25) is 5.02 Å². The van der Waals surface area contributed by atoms with E-state index in [0.717, 1.165) is 11.8 Å². The zero-order valence-electron chi connectivity index (χ0n) is 13.6. The van der Waals surface area contributed by atoms with E-state index in [2.05, 4.69) is 21.2 Å². The molecule has 7 heteroatoms. The minimum absolute atomic E-state index is 0.00573. The normalized spacial score (nSPS) is 10.7. The maximum absolute atomic E-state index is 12.3. The Morgan fingerprint density at radius 2 is 1.92 bits per heavy atom. The molecule has 1 N–H and O–H groups in total. The molecule has 0 aliphatic heterocycles. The van der Waals surface area contributed by atoms with Gasteiger partial charge in [0.1, 0.15) is 5.02 Å². The summed E-state index contributed by atoms with van der Waals surface area (Å²) in [6.45, 7) is 0.380. The molecule has 3 rings (SSSR count). The largest absolute Gasteiger partial charge is 0.464 e. The highest BCUT2D eigenvalue weighted by Crippen LogP contribution is 2.32. The van der Waals surface area contributed by atoms with Crippen LogP contribution in [0.3, 0.4) is 0 Å². The lowest BCUT2D eigenvalue weighted by Crippen LogP contribution is -2.12. The smallest absolute Gasteiger partial charge is 0.346 e. The Hall–Kier alpha value is -2.31. The van der Waals surface area contributed by atoms with Crippen molar-refractivity contribution in [2.24, 2.45) is 0 Å². The highest BCUT2D eigenvalue weighted by Gasteiger charge is 2.15. The Morgan fingerprint density at radius 1 is 1.15 bits per heavy atom. The number of anilines is 1. The van der Waals surface area contributed by atoms with Gasteiger partial charge >= 0.3 is 11.6 Å². The molecule has 0 atom stereocenters. The van der Waals surface area contributed by atoms with Crippen LogP contribution in [0.5, 0.6) is 5.95 Å². The number of rotatable bonds is 6. The van der Waals surface area contributed by atoms with Crippen LogP contribution in [-0.2, 0) is 0 Å². The fraction of sp³-hybridized carbons (Fsp3) is 0.158. The Balaban J connectivity index is 1.89. The van der Waals surface area contributed by atoms with Gasteiger partial charge in [-0.1, -0.05) is 51.8 Å². The van der Waals surface area contributed by atoms with Crippen LogP contribution in [0.15, 0.2) is 57.7 Å². The second-order valence-corrected chi connectivity index (χ2v) is 6.63. The van der Waals surface area contributed by atoms with E-state index in [9.17, 15) is 9.59 Å². The predicted octanol–water partition coefficient (Wildman–Crippen LogP) is 4.86. The van der Waals surface area contributed by atoms with Gasteiger partial charge in [-0.05, 0) is 30.7 Å². The van der Waals surface area contributed by atoms with E-state index < -0.39 is 5.63 Å². The summed E-state index contributed by atoms with van der Waals surface area (Å²) in [7, 11) is 0. The number of halogens is 2. The molecule has 26 heavy (non-hydrogen) atoms. The first-order chi connectivity index (χ1) is 12.6. The summed E-state index contributed by atoms with van der Waals surface area (Å²) >= 11 is 9.59. The number of fused-ring (bicyclic) bond motifs is 1. The van der Waals surface area contributed by atoms with E-state index >= 15 is 0 Å². The molecular formula is C19H15BrClNO4. The third kappa shape index (κ3) is 4.08. The van der Waals surface area contributed by atoms with Crippen LogP contribution in [0, 0.1) is 0 Å². The van der Waals surface area contributed by atoms with Crippen molar-refractivity contribution >= 4 is 49.9 Å². The van der Waals surface area contributed by atoms with Crippen LogP contribution >= 0.6 is 27.5 Å². The quantitative estimate of drug-likeness (QED) is 0.442. The molecule has 0 aliphatic rings. The third-order valence-electron chi connectivity index (χ3n) is 3.65. The summed E-state index contributed by atoms with van der Waals surface area (Å²) in [5.41, 5.74) is 0.421. The summed E-state index contributed by atoms with van der Waals surface area (Å²) in [4.78, 5) is 24.5. The van der Waals surface area contributed by atoms with Gasteiger partial charge in [-0.2, -0.15) is 0 Å². The first-order valence-corrected chi connectivity index (χ1v) is 9.41. The molecule has 0 unspecified atom stereocenters. The second kappa shape index (κ2) is 8.38. The van der Waals surface area contributed by atoms with Gasteiger partial charge in [0.05, 0.1) is 12.0 Å². The van der Waals surface area contributed by atoms with Crippen LogP contribution < -0.4 is 15.7 Å². The molecule has 134 valence electrons. The molecule has 0 saturated heterocycles. The van der Waals surface area contributed by atoms with E-state index in [4.69, 9.17) is 20.8 Å². The number of nitrogens with one attached hydrogen (secondary N) is 1. The number of hydrogen-bond donors (Lipinski definition) is 1. The van der Waals surface area contributed by atoms with Crippen molar-refractivity contribution in [1.82, 2.24) is 0 Å². The van der Waals surface area contributed by atoms with Crippen molar-refractivity contribution in [2.45, 2.75) is 6.42 Å². The summed E-state index contributed by atoms with van der Waals surface area (Å²) in [5.74, 6) is -0.263. The van der Waals surface area contributed by atoms with Gasteiger partial charge in [0.25, 0.3) is 5.91 Å². The number of carbonyl (C=O) groups excluding carboxylic acids is 1. The second-order valence-electron chi connectivity index (χ2n) is 5.46. The molecule has 0 fully saturated rings. The topological polar surface area (TPSA) is 68.5 Å². The van der Waals surface area contributed by atoms with E-state index in [0.29, 0.717) is 23.2 Å². The van der Waals surface area contributed by atoms with E-state index in [1.165, 1.54) is 6.07 Å². The molecule has 1 aromatic heterocycles. The molecule has 1 heterocycles. The Bertz CT molecular complexity index is 988. The number of alkyl halides is 1. The molecular weight excluding hydrogens is 422 g/mol. The average Bonchev–Trinajstić information content (AvgIpc) is 2.66. The lowest BCUT2D eigenvalue weighted by atomic mass is 10.1. The molecule has 0 spiro atoms. The van der Waals surface area contributed by atoms with E-state index in [-0.39, 0.29) is 22.3 Å². The number of amides is 1. The van der Waals surface area contributed by atoms with Gasteiger partial charge in [0, 0.05) is 22.0 Å². The van der Waals surface area contributed by atoms with Crippen LogP contribution in [0.25, 0.3) is 10.8 Å². The maximum Gasteiger partial charge on any atom is 0.346 e. The van der Waals surface area contributed by atoms with Crippen LogP contribution in [0.1, 0.15) is 16.8 Å². The first-order valence-electron chi connectivity index (χ1n) is 7.91. The summed E-state index contributed by atoms with van der Waals surface area (Å²) in [6, 6.07) is 13.7. The predicted molar refractivity (Wildman–Crippen MR) is 106 cm³/mol. The standard InChI is InChI=1S/C19H15BrClNO4/c20-9-4-10-25-19-16(21)14-8-7-13(11-15(14)18(24)26-19)22-17(23)12-5-2-1-3-6-12/h1-3,5-8,11H,4,9-10H2,(H,22,23). The monoisotopic (exact) mass is 435 g/mol. The number of ether oxygens (including phenoxy) is 1. The van der Waals surface area contributed by atoms with Gasteiger partial charge < -0.3 is 14.5 Å². The molecule has 1 amide bonds. The van der Waals surface area contributed by atoms with Gasteiger partial charge in [-0.3, -0.25) is 4.79 Å². The number of hydrogen-bond acceptors (Lipinski definition) is 4. The van der Waals surface area contributed by atoms with Crippen molar-refractivity contribution in [2.75, 3.05) is 17.3 Å². The zero-order chi connectivity index (χ0) is 18.5. The lowest BCUT2D eigenvalue weighted by Gasteiger charge is -2.09. The fourth-order valence-corrected chi connectivity index (χ4v) is 2.87. The van der Waals surface area contributed by atoms with Crippen LogP contribution in [-0.4, -0.2) is 17.8 Å². The average molecular weight is 437 g/mol. The summed E-state index contributed by atoms with van der Waals surface area (Å²) in [5, 5.41) is 4.54. The van der Waals surface area contributed by atoms with Gasteiger partial charge in [0.2, 0.25) is 0 Å². The Morgan fingerprint density at radius 3 is 2.65 bits per heavy atom. The molecule has 5 nitrogen and oxygen atoms in total. The van der Waals surface area contributed by atoms with Crippen molar-refractivity contribution in [3.05, 3.63) is 69.5 Å². The maximum atomic E-state index is 12.3. The van der Waals surface area contributed by atoms with Crippen molar-refractivity contribution < 1.29 is 13.9 Å². The molecule has 0 bridgehead atoms. The van der Waals surface area contributed by atoms with Crippen molar-refractivity contribution in [1.29, 1.82) is 0 Å². The Labute approximate surface area is 163 Å². The number of benzene rings is 2. The van der Waals surface area contributed by atoms with E-state index in [1.807, 2.05) is 6.07 Å². The Kier molecular flexibility index (Phi) is 5.96. The minimum atomic E-state index is -0.575. The molecule has 0 aliphatic carbocycles. The summed E-state index contributed by atoms with van der Waals surface area (Å²) in [6.07, 6.45) is 0.753. The SMILES string of the molecule is O=C(Nc1ccc2c(Cl)c(OCCCBr)oc(=O)c2c1)c1ccccc1. The van der Waals surface area contributed by atoms with E-state index in [1.54, 1.807) is 36.4 Å². The fourth-order valence-electron chi connectivity index (χ4n) is 2.38. The van der Waals surface area contributed by atoms with Gasteiger partial charge in [0.15, 0.2) is 0 Å². The molecule has 3 aromatic rings. The molecule has 0 saturated carbocycles. The first kappa shape index (κ1) is 18.5. The zero-order valence-corrected chi connectivity index (χ0v) is 16.0. The van der Waals surface area contributed by atoms with Gasteiger partial charge in [-0.25, -0.2) is 4.79 Å². The van der Waals surface area contributed by atoms with Crippen molar-refractivity contribution in [3.8, 4) is 5.95 Å². The highest BCUT2D eigenvalue weighted by atomic mass is 79.9. The molecule has 2 aromatic carbocycles. The van der Waals surface area contributed by atoms with Crippen LogP contribution in [0.4, 0.5) is 5.69 Å². The summed E-state index contributed by atoms with van der Waals surface area (Å²) < 4.78 is 10.6. The number of carbonyl (C=O) groups is 1.